The zero-order chi connectivity index (χ0) is 21.9. The van der Waals surface area contributed by atoms with Gasteiger partial charge >= 0.3 is 0 Å². The van der Waals surface area contributed by atoms with Crippen LogP contribution < -0.4 is 9.64 Å². The Morgan fingerprint density at radius 3 is 2.13 bits per heavy atom. The highest BCUT2D eigenvalue weighted by Gasteiger charge is 2.25. The molecule has 3 aromatic rings. The molecule has 0 fully saturated rings. The maximum absolute atomic E-state index is 13.3. The summed E-state index contributed by atoms with van der Waals surface area (Å²) in [5, 5.41) is 0. The SMILES string of the molecule is COc1ccc(C(=O)N(C)c2ccccc2-c2ccccc2)cc1S(=O)(=O)N(C)C. The van der Waals surface area contributed by atoms with Crippen LogP contribution >= 0.6 is 0 Å². The Morgan fingerprint density at radius 1 is 0.867 bits per heavy atom. The molecule has 0 saturated heterocycles. The number of carbonyl (C=O) groups is 1. The summed E-state index contributed by atoms with van der Waals surface area (Å²) < 4.78 is 31.7. The monoisotopic (exact) mass is 424 g/mol. The Morgan fingerprint density at radius 2 is 1.50 bits per heavy atom. The largest absolute Gasteiger partial charge is 0.495 e. The van der Waals surface area contributed by atoms with E-state index in [0.717, 1.165) is 21.1 Å². The third-order valence-electron chi connectivity index (χ3n) is 4.82. The van der Waals surface area contributed by atoms with Gasteiger partial charge in [0.05, 0.1) is 12.8 Å². The summed E-state index contributed by atoms with van der Waals surface area (Å²) in [6.07, 6.45) is 0. The first-order valence-corrected chi connectivity index (χ1v) is 10.7. The van der Waals surface area contributed by atoms with Crippen LogP contribution in [0.15, 0.2) is 77.7 Å². The molecule has 0 aliphatic rings. The van der Waals surface area contributed by atoms with Crippen molar-refractivity contribution < 1.29 is 17.9 Å². The fraction of sp³-hybridized carbons (Fsp3) is 0.174. The van der Waals surface area contributed by atoms with Gasteiger partial charge in [-0.05, 0) is 29.8 Å². The minimum Gasteiger partial charge on any atom is -0.495 e. The molecule has 7 heteroatoms. The lowest BCUT2D eigenvalue weighted by Crippen LogP contribution is -2.28. The van der Waals surface area contributed by atoms with E-state index in [-0.39, 0.29) is 22.1 Å². The molecule has 30 heavy (non-hydrogen) atoms. The van der Waals surface area contributed by atoms with E-state index in [4.69, 9.17) is 4.74 Å². The van der Waals surface area contributed by atoms with Crippen molar-refractivity contribution in [2.45, 2.75) is 4.90 Å². The molecule has 0 aliphatic heterocycles. The average molecular weight is 425 g/mol. The van der Waals surface area contributed by atoms with Gasteiger partial charge in [0.15, 0.2) is 0 Å². The van der Waals surface area contributed by atoms with Gasteiger partial charge in [-0.25, -0.2) is 12.7 Å². The molecule has 0 aromatic heterocycles. The van der Waals surface area contributed by atoms with Crippen LogP contribution in [0.5, 0.6) is 5.75 Å². The number of hydrogen-bond donors (Lipinski definition) is 0. The number of rotatable bonds is 6. The minimum atomic E-state index is -3.78. The standard InChI is InChI=1S/C23H24N2O4S/c1-24(2)30(27,28)22-16-18(14-15-21(22)29-4)23(26)25(3)20-13-9-8-12-19(20)17-10-6-5-7-11-17/h5-16H,1-4H3. The molecule has 6 nitrogen and oxygen atoms in total. The molecule has 0 N–H and O–H groups in total. The minimum absolute atomic E-state index is 0.0504. The summed E-state index contributed by atoms with van der Waals surface area (Å²) in [6, 6.07) is 21.8. The van der Waals surface area contributed by atoms with E-state index in [1.165, 1.54) is 38.2 Å². The van der Waals surface area contributed by atoms with E-state index in [2.05, 4.69) is 0 Å². The summed E-state index contributed by atoms with van der Waals surface area (Å²) in [5.41, 5.74) is 2.87. The Balaban J connectivity index is 2.05. The fourth-order valence-electron chi connectivity index (χ4n) is 3.14. The molecule has 0 saturated carbocycles. The summed E-state index contributed by atoms with van der Waals surface area (Å²) in [4.78, 5) is 14.7. The van der Waals surface area contributed by atoms with Gasteiger partial charge in [-0.3, -0.25) is 4.79 Å². The molecular weight excluding hydrogens is 400 g/mol. The van der Waals surface area contributed by atoms with E-state index in [9.17, 15) is 13.2 Å². The molecule has 0 atom stereocenters. The molecule has 0 unspecified atom stereocenters. The maximum Gasteiger partial charge on any atom is 0.258 e. The molecular formula is C23H24N2O4S. The van der Waals surface area contributed by atoms with E-state index in [0.29, 0.717) is 0 Å². The number of hydrogen-bond acceptors (Lipinski definition) is 4. The number of anilines is 1. The Hall–Kier alpha value is -3.16. The van der Waals surface area contributed by atoms with Crippen molar-refractivity contribution in [1.82, 2.24) is 4.31 Å². The maximum atomic E-state index is 13.3. The zero-order valence-electron chi connectivity index (χ0n) is 17.4. The first-order valence-electron chi connectivity index (χ1n) is 9.30. The molecule has 1 amide bonds. The second-order valence-corrected chi connectivity index (χ2v) is 9.02. The van der Waals surface area contributed by atoms with Gasteiger partial charge < -0.3 is 9.64 Å². The summed E-state index contributed by atoms with van der Waals surface area (Å²) >= 11 is 0. The van der Waals surface area contributed by atoms with Crippen LogP contribution in [-0.2, 0) is 10.0 Å². The van der Waals surface area contributed by atoms with Gasteiger partial charge in [-0.15, -0.1) is 0 Å². The third-order valence-corrected chi connectivity index (χ3v) is 6.66. The number of carbonyl (C=O) groups excluding carboxylic acids is 1. The number of ether oxygens (including phenoxy) is 1. The van der Waals surface area contributed by atoms with Crippen molar-refractivity contribution in [1.29, 1.82) is 0 Å². The van der Waals surface area contributed by atoms with E-state index >= 15 is 0 Å². The lowest BCUT2D eigenvalue weighted by molar-refractivity contribution is 0.0993. The molecule has 0 heterocycles. The van der Waals surface area contributed by atoms with Gasteiger partial charge in [-0.2, -0.15) is 0 Å². The van der Waals surface area contributed by atoms with Crippen LogP contribution in [0.25, 0.3) is 11.1 Å². The van der Waals surface area contributed by atoms with Crippen LogP contribution in [0.3, 0.4) is 0 Å². The van der Waals surface area contributed by atoms with Crippen molar-refractivity contribution in [3.63, 3.8) is 0 Å². The third kappa shape index (κ3) is 4.08. The fourth-order valence-corrected chi connectivity index (χ4v) is 4.21. The van der Waals surface area contributed by atoms with Crippen LogP contribution in [0.2, 0.25) is 0 Å². The highest BCUT2D eigenvalue weighted by atomic mass is 32.2. The quantitative estimate of drug-likeness (QED) is 0.602. The van der Waals surface area contributed by atoms with Crippen molar-refractivity contribution in [3.8, 4) is 16.9 Å². The number of methoxy groups -OCH3 is 1. The highest BCUT2D eigenvalue weighted by molar-refractivity contribution is 7.89. The number of para-hydroxylation sites is 1. The van der Waals surface area contributed by atoms with Crippen molar-refractivity contribution in [2.24, 2.45) is 0 Å². The van der Waals surface area contributed by atoms with Gasteiger partial charge in [0.25, 0.3) is 5.91 Å². The highest BCUT2D eigenvalue weighted by Crippen LogP contribution is 2.32. The Labute approximate surface area is 177 Å². The molecule has 0 spiro atoms. The van der Waals surface area contributed by atoms with Crippen molar-refractivity contribution >= 4 is 21.6 Å². The van der Waals surface area contributed by atoms with E-state index in [1.807, 2.05) is 54.6 Å². The lowest BCUT2D eigenvalue weighted by Gasteiger charge is -2.22. The van der Waals surface area contributed by atoms with Crippen molar-refractivity contribution in [2.75, 3.05) is 33.2 Å². The predicted octanol–water partition coefficient (Wildman–Crippen LogP) is 3.89. The van der Waals surface area contributed by atoms with E-state index in [1.54, 1.807) is 13.1 Å². The Kier molecular flexibility index (Phi) is 6.24. The molecule has 0 bridgehead atoms. The van der Waals surface area contributed by atoms with Gasteiger partial charge in [0.1, 0.15) is 10.6 Å². The lowest BCUT2D eigenvalue weighted by atomic mass is 10.0. The van der Waals surface area contributed by atoms with Gasteiger partial charge in [0, 0.05) is 32.3 Å². The first kappa shape index (κ1) is 21.5. The van der Waals surface area contributed by atoms with Crippen LogP contribution in [0.1, 0.15) is 10.4 Å². The smallest absolute Gasteiger partial charge is 0.258 e. The Bertz CT molecular complexity index is 1160. The molecule has 3 rings (SSSR count). The molecule has 0 radical (unpaired) electrons. The second-order valence-electron chi connectivity index (χ2n) is 6.90. The van der Waals surface area contributed by atoms with E-state index < -0.39 is 10.0 Å². The first-order chi connectivity index (χ1) is 14.3. The second kappa shape index (κ2) is 8.69. The molecule has 0 aliphatic carbocycles. The normalized spacial score (nSPS) is 11.4. The number of nitrogens with zero attached hydrogens (tertiary/aromatic N) is 2. The average Bonchev–Trinajstić information content (AvgIpc) is 2.78. The zero-order valence-corrected chi connectivity index (χ0v) is 18.2. The number of amides is 1. The van der Waals surface area contributed by atoms with Crippen LogP contribution in [-0.4, -0.2) is 46.9 Å². The number of sulfonamides is 1. The van der Waals surface area contributed by atoms with Crippen LogP contribution in [0.4, 0.5) is 5.69 Å². The summed E-state index contributed by atoms with van der Waals surface area (Å²) in [5.74, 6) is -0.135. The van der Waals surface area contributed by atoms with Crippen molar-refractivity contribution in [3.05, 3.63) is 78.4 Å². The molecule has 3 aromatic carbocycles. The molecule has 156 valence electrons. The summed E-state index contributed by atoms with van der Waals surface area (Å²) in [6.45, 7) is 0. The predicted molar refractivity (Wildman–Crippen MR) is 118 cm³/mol. The van der Waals surface area contributed by atoms with Crippen LogP contribution in [0, 0.1) is 0 Å². The van der Waals surface area contributed by atoms with Gasteiger partial charge in [0.2, 0.25) is 10.0 Å². The summed E-state index contributed by atoms with van der Waals surface area (Å²) in [7, 11) is 2.16. The van der Waals surface area contributed by atoms with Gasteiger partial charge in [-0.1, -0.05) is 48.5 Å². The topological polar surface area (TPSA) is 66.9 Å². The number of benzene rings is 3.